The third kappa shape index (κ3) is 2.38. The first-order valence-electron chi connectivity index (χ1n) is 5.46. The van der Waals surface area contributed by atoms with Gasteiger partial charge in [-0.15, -0.1) is 0 Å². The van der Waals surface area contributed by atoms with Gasteiger partial charge < -0.3 is 4.74 Å². The van der Waals surface area contributed by atoms with Gasteiger partial charge in [0.05, 0.1) is 6.10 Å². The first-order valence-corrected chi connectivity index (χ1v) is 5.46. The summed E-state index contributed by atoms with van der Waals surface area (Å²) < 4.78 is 5.64. The highest BCUT2D eigenvalue weighted by Crippen LogP contribution is 2.29. The summed E-state index contributed by atoms with van der Waals surface area (Å²) in [5.74, 6) is 1.20. The van der Waals surface area contributed by atoms with Crippen LogP contribution in [0.2, 0.25) is 0 Å². The predicted octanol–water partition coefficient (Wildman–Crippen LogP) is 3.16. The van der Waals surface area contributed by atoms with Gasteiger partial charge in [0.15, 0.2) is 0 Å². The van der Waals surface area contributed by atoms with E-state index in [1.807, 2.05) is 18.2 Å². The lowest BCUT2D eigenvalue weighted by Crippen LogP contribution is -1.99. The Labute approximate surface area is 90.3 Å². The summed E-state index contributed by atoms with van der Waals surface area (Å²) in [7, 11) is 0. The summed E-state index contributed by atoms with van der Waals surface area (Å²) in [4.78, 5) is 10.9. The van der Waals surface area contributed by atoms with Crippen LogP contribution in [-0.2, 0) is 0 Å². The summed E-state index contributed by atoms with van der Waals surface area (Å²) in [6, 6.07) is 5.80. The molecule has 15 heavy (non-hydrogen) atoms. The molecule has 2 rings (SSSR count). The number of ether oxygens (including phenoxy) is 1. The van der Waals surface area contributed by atoms with Gasteiger partial charge in [-0.3, -0.25) is 4.79 Å². The smallest absolute Gasteiger partial charge is 0.150 e. The predicted molar refractivity (Wildman–Crippen MR) is 59.6 cm³/mol. The summed E-state index contributed by atoms with van der Waals surface area (Å²) >= 11 is 0. The third-order valence-electron chi connectivity index (χ3n) is 2.63. The Morgan fingerprint density at radius 1 is 1.40 bits per heavy atom. The molecule has 0 N–H and O–H groups in total. The van der Waals surface area contributed by atoms with Crippen LogP contribution in [0.25, 0.3) is 0 Å². The summed E-state index contributed by atoms with van der Waals surface area (Å²) in [6.07, 6.45) is 3.58. The van der Waals surface area contributed by atoms with Crippen LogP contribution in [0.5, 0.6) is 5.75 Å². The summed E-state index contributed by atoms with van der Waals surface area (Å²) in [5.41, 5.74) is 1.84. The molecule has 1 fully saturated rings. The molecule has 1 aliphatic rings. The van der Waals surface area contributed by atoms with Crippen molar-refractivity contribution in [2.24, 2.45) is 0 Å². The first kappa shape index (κ1) is 10.2. The van der Waals surface area contributed by atoms with Gasteiger partial charge in [-0.1, -0.05) is 19.9 Å². The van der Waals surface area contributed by atoms with Crippen LogP contribution in [0.3, 0.4) is 0 Å². The molecule has 2 heteroatoms. The normalized spacial score (nSPS) is 15.4. The van der Waals surface area contributed by atoms with Crippen LogP contribution in [0.15, 0.2) is 18.2 Å². The van der Waals surface area contributed by atoms with Crippen LogP contribution in [0.4, 0.5) is 0 Å². The van der Waals surface area contributed by atoms with Crippen LogP contribution in [0, 0.1) is 0 Å². The van der Waals surface area contributed by atoms with Gasteiger partial charge in [0, 0.05) is 5.56 Å². The van der Waals surface area contributed by atoms with Crippen molar-refractivity contribution in [2.75, 3.05) is 0 Å². The van der Waals surface area contributed by atoms with E-state index < -0.39 is 0 Å². The highest BCUT2D eigenvalue weighted by molar-refractivity contribution is 5.78. The Morgan fingerprint density at radius 2 is 2.13 bits per heavy atom. The van der Waals surface area contributed by atoms with Gasteiger partial charge >= 0.3 is 0 Å². The standard InChI is InChI=1S/C13H16O2/c1-9(2)13-6-5-12(7-10(13)8-14)15-11-3-4-11/h5-9,11H,3-4H2,1-2H3. The highest BCUT2D eigenvalue weighted by atomic mass is 16.5. The van der Waals surface area contributed by atoms with E-state index in [4.69, 9.17) is 4.74 Å². The maximum Gasteiger partial charge on any atom is 0.150 e. The molecule has 0 aromatic heterocycles. The Kier molecular flexibility index (Phi) is 2.76. The molecule has 1 aliphatic carbocycles. The number of carbonyl (C=O) groups is 1. The fourth-order valence-corrected chi connectivity index (χ4v) is 1.63. The van der Waals surface area contributed by atoms with Crippen molar-refractivity contribution in [1.82, 2.24) is 0 Å². The van der Waals surface area contributed by atoms with E-state index >= 15 is 0 Å². The second-order valence-electron chi connectivity index (χ2n) is 4.38. The largest absolute Gasteiger partial charge is 0.490 e. The van der Waals surface area contributed by atoms with E-state index in [1.165, 1.54) is 0 Å². The van der Waals surface area contributed by atoms with Crippen LogP contribution in [0.1, 0.15) is 48.5 Å². The van der Waals surface area contributed by atoms with E-state index in [-0.39, 0.29) is 0 Å². The lowest BCUT2D eigenvalue weighted by molar-refractivity contribution is 0.112. The zero-order valence-electron chi connectivity index (χ0n) is 9.19. The van der Waals surface area contributed by atoms with E-state index in [2.05, 4.69) is 13.8 Å². The maximum absolute atomic E-state index is 10.9. The van der Waals surface area contributed by atoms with Crippen LogP contribution < -0.4 is 4.74 Å². The number of aldehydes is 1. The number of benzene rings is 1. The lowest BCUT2D eigenvalue weighted by Gasteiger charge is -2.11. The number of rotatable bonds is 4. The van der Waals surface area contributed by atoms with Crippen molar-refractivity contribution in [2.45, 2.75) is 38.7 Å². The molecule has 1 aromatic carbocycles. The van der Waals surface area contributed by atoms with E-state index in [9.17, 15) is 4.79 Å². The monoisotopic (exact) mass is 204 g/mol. The molecule has 0 spiro atoms. The minimum atomic E-state index is 0.375. The molecule has 0 aliphatic heterocycles. The molecule has 2 nitrogen and oxygen atoms in total. The van der Waals surface area contributed by atoms with Gasteiger partial charge in [0.1, 0.15) is 12.0 Å². The average Bonchev–Trinajstić information content (AvgIpc) is 3.01. The maximum atomic E-state index is 10.9. The van der Waals surface area contributed by atoms with Crippen molar-refractivity contribution < 1.29 is 9.53 Å². The summed E-state index contributed by atoms with van der Waals surface area (Å²) in [5, 5.41) is 0. The molecule has 0 bridgehead atoms. The lowest BCUT2D eigenvalue weighted by atomic mass is 9.98. The Hall–Kier alpha value is -1.31. The number of carbonyl (C=O) groups excluding carboxylic acids is 1. The fourth-order valence-electron chi connectivity index (χ4n) is 1.63. The average molecular weight is 204 g/mol. The van der Waals surface area contributed by atoms with E-state index in [0.29, 0.717) is 12.0 Å². The second-order valence-corrected chi connectivity index (χ2v) is 4.38. The van der Waals surface area contributed by atoms with E-state index in [0.717, 1.165) is 36.0 Å². The number of hydrogen-bond acceptors (Lipinski definition) is 2. The minimum absolute atomic E-state index is 0.375. The molecule has 0 atom stereocenters. The highest BCUT2D eigenvalue weighted by Gasteiger charge is 2.23. The molecule has 0 heterocycles. The zero-order valence-corrected chi connectivity index (χ0v) is 9.19. The van der Waals surface area contributed by atoms with Gasteiger partial charge in [0.25, 0.3) is 0 Å². The topological polar surface area (TPSA) is 26.3 Å². The SMILES string of the molecule is CC(C)c1ccc(OC2CC2)cc1C=O. The Balaban J connectivity index is 2.24. The van der Waals surface area contributed by atoms with Gasteiger partial charge in [-0.05, 0) is 36.5 Å². The second kappa shape index (κ2) is 4.05. The third-order valence-corrected chi connectivity index (χ3v) is 2.63. The van der Waals surface area contributed by atoms with Gasteiger partial charge in [-0.25, -0.2) is 0 Å². The van der Waals surface area contributed by atoms with Gasteiger partial charge in [-0.2, -0.15) is 0 Å². The van der Waals surface area contributed by atoms with Crippen molar-refractivity contribution in [3.05, 3.63) is 29.3 Å². The summed E-state index contributed by atoms with van der Waals surface area (Å²) in [6.45, 7) is 4.17. The zero-order chi connectivity index (χ0) is 10.8. The Bertz CT molecular complexity index is 365. The first-order chi connectivity index (χ1) is 7.20. The molecule has 1 saturated carbocycles. The molecule has 80 valence electrons. The van der Waals surface area contributed by atoms with Crippen molar-refractivity contribution in [3.63, 3.8) is 0 Å². The number of hydrogen-bond donors (Lipinski definition) is 0. The van der Waals surface area contributed by atoms with Crippen molar-refractivity contribution in [3.8, 4) is 5.75 Å². The van der Waals surface area contributed by atoms with Crippen LogP contribution >= 0.6 is 0 Å². The molecule has 0 radical (unpaired) electrons. The molecule has 1 aromatic rings. The fraction of sp³-hybridized carbons (Fsp3) is 0.462. The molecule has 0 unspecified atom stereocenters. The molecule has 0 amide bonds. The quantitative estimate of drug-likeness (QED) is 0.704. The van der Waals surface area contributed by atoms with Crippen molar-refractivity contribution in [1.29, 1.82) is 0 Å². The van der Waals surface area contributed by atoms with Gasteiger partial charge in [0.2, 0.25) is 0 Å². The molecular weight excluding hydrogens is 188 g/mol. The Morgan fingerprint density at radius 3 is 2.67 bits per heavy atom. The van der Waals surface area contributed by atoms with Crippen LogP contribution in [-0.4, -0.2) is 12.4 Å². The minimum Gasteiger partial charge on any atom is -0.490 e. The molecular formula is C13H16O2. The van der Waals surface area contributed by atoms with Crippen molar-refractivity contribution >= 4 is 6.29 Å². The van der Waals surface area contributed by atoms with E-state index in [1.54, 1.807) is 0 Å². The molecule has 0 saturated heterocycles.